The van der Waals surface area contributed by atoms with Crippen LogP contribution in [0.4, 0.5) is 5.69 Å². The van der Waals surface area contributed by atoms with Gasteiger partial charge in [0.25, 0.3) is 0 Å². The van der Waals surface area contributed by atoms with Crippen LogP contribution in [0.2, 0.25) is 0 Å². The first-order valence-electron chi connectivity index (χ1n) is 9.60. The van der Waals surface area contributed by atoms with Crippen LogP contribution in [0.25, 0.3) is 16.9 Å². The fourth-order valence-corrected chi connectivity index (χ4v) is 3.36. The summed E-state index contributed by atoms with van der Waals surface area (Å²) in [6.45, 7) is 2.04. The molecule has 1 amide bonds. The minimum atomic E-state index is -0.0202. The van der Waals surface area contributed by atoms with Gasteiger partial charge >= 0.3 is 0 Å². The van der Waals surface area contributed by atoms with Crippen molar-refractivity contribution in [1.29, 1.82) is 0 Å². The number of anilines is 1. The molecule has 2 aromatic heterocycles. The van der Waals surface area contributed by atoms with Crippen molar-refractivity contribution in [3.05, 3.63) is 84.2 Å². The number of pyridine rings is 1. The average molecular weight is 385 g/mol. The molecule has 5 nitrogen and oxygen atoms in total. The van der Waals surface area contributed by atoms with E-state index >= 15 is 0 Å². The number of para-hydroxylation sites is 1. The van der Waals surface area contributed by atoms with E-state index in [0.717, 1.165) is 39.5 Å². The first kappa shape index (κ1) is 18.7. The standard InChI is InChI=1S/C24H23N3O2/c1-17-6-5-15-27-16-22(26-24(17)27)20-7-3-4-8-21(20)25-23(28)14-11-18-9-12-19(29-2)13-10-18/h3-10,12-13,15-16H,11,14H2,1-2H3,(H,25,28). The van der Waals surface area contributed by atoms with Crippen LogP contribution in [0, 0.1) is 6.92 Å². The monoisotopic (exact) mass is 385 g/mol. The van der Waals surface area contributed by atoms with Gasteiger partial charge in [-0.15, -0.1) is 0 Å². The summed E-state index contributed by atoms with van der Waals surface area (Å²) in [4.78, 5) is 17.3. The van der Waals surface area contributed by atoms with E-state index in [-0.39, 0.29) is 5.91 Å². The minimum Gasteiger partial charge on any atom is -0.497 e. The number of aryl methyl sites for hydroxylation is 2. The number of amides is 1. The molecule has 4 aromatic rings. The Morgan fingerprint density at radius 3 is 2.62 bits per heavy atom. The maximum Gasteiger partial charge on any atom is 0.224 e. The van der Waals surface area contributed by atoms with Gasteiger partial charge in [0.2, 0.25) is 5.91 Å². The number of ether oxygens (including phenoxy) is 1. The Labute approximate surface area is 170 Å². The lowest BCUT2D eigenvalue weighted by Crippen LogP contribution is -2.13. The van der Waals surface area contributed by atoms with E-state index in [1.54, 1.807) is 7.11 Å². The molecule has 0 radical (unpaired) electrons. The number of hydrogen-bond donors (Lipinski definition) is 1. The number of nitrogens with one attached hydrogen (secondary N) is 1. The van der Waals surface area contributed by atoms with E-state index in [4.69, 9.17) is 9.72 Å². The summed E-state index contributed by atoms with van der Waals surface area (Å²) >= 11 is 0. The molecular formula is C24H23N3O2. The molecule has 0 atom stereocenters. The fourth-order valence-electron chi connectivity index (χ4n) is 3.36. The molecular weight excluding hydrogens is 362 g/mol. The molecule has 0 aliphatic rings. The van der Waals surface area contributed by atoms with Gasteiger partial charge in [-0.3, -0.25) is 4.79 Å². The lowest BCUT2D eigenvalue weighted by Gasteiger charge is -2.10. The van der Waals surface area contributed by atoms with E-state index in [9.17, 15) is 4.79 Å². The maximum atomic E-state index is 12.6. The molecule has 5 heteroatoms. The highest BCUT2D eigenvalue weighted by molar-refractivity contribution is 5.95. The van der Waals surface area contributed by atoms with E-state index in [1.807, 2.05) is 84.4 Å². The fraction of sp³-hybridized carbons (Fsp3) is 0.167. The van der Waals surface area contributed by atoms with Gasteiger partial charge in [0, 0.05) is 24.4 Å². The third kappa shape index (κ3) is 4.14. The number of fused-ring (bicyclic) bond motifs is 1. The zero-order valence-corrected chi connectivity index (χ0v) is 16.6. The van der Waals surface area contributed by atoms with E-state index in [2.05, 4.69) is 5.32 Å². The van der Waals surface area contributed by atoms with Gasteiger partial charge in [-0.05, 0) is 48.7 Å². The zero-order valence-electron chi connectivity index (χ0n) is 16.6. The molecule has 0 aliphatic heterocycles. The van der Waals surface area contributed by atoms with Gasteiger partial charge in [0.05, 0.1) is 18.5 Å². The Morgan fingerprint density at radius 2 is 1.86 bits per heavy atom. The molecule has 146 valence electrons. The number of carbonyl (C=O) groups is 1. The molecule has 4 rings (SSSR count). The topological polar surface area (TPSA) is 55.6 Å². The Kier molecular flexibility index (Phi) is 5.29. The third-order valence-corrected chi connectivity index (χ3v) is 4.95. The van der Waals surface area contributed by atoms with Crippen LogP contribution in [0.1, 0.15) is 17.5 Å². The average Bonchev–Trinajstić information content (AvgIpc) is 3.18. The van der Waals surface area contributed by atoms with Crippen molar-refractivity contribution >= 4 is 17.2 Å². The van der Waals surface area contributed by atoms with Crippen molar-refractivity contribution in [2.45, 2.75) is 19.8 Å². The number of imidazole rings is 1. The normalized spacial score (nSPS) is 10.8. The van der Waals surface area contributed by atoms with Gasteiger partial charge in [-0.2, -0.15) is 0 Å². The second-order valence-electron chi connectivity index (χ2n) is 6.99. The van der Waals surface area contributed by atoms with Crippen molar-refractivity contribution in [3.8, 4) is 17.0 Å². The number of aromatic nitrogens is 2. The zero-order chi connectivity index (χ0) is 20.2. The van der Waals surface area contributed by atoms with Gasteiger partial charge in [-0.25, -0.2) is 4.98 Å². The molecule has 0 spiro atoms. The lowest BCUT2D eigenvalue weighted by molar-refractivity contribution is -0.116. The number of benzene rings is 2. The predicted molar refractivity (Wildman–Crippen MR) is 115 cm³/mol. The Hall–Kier alpha value is -3.60. The highest BCUT2D eigenvalue weighted by Gasteiger charge is 2.12. The maximum absolute atomic E-state index is 12.6. The summed E-state index contributed by atoms with van der Waals surface area (Å²) in [5, 5.41) is 3.05. The summed E-state index contributed by atoms with van der Waals surface area (Å²) < 4.78 is 7.18. The van der Waals surface area contributed by atoms with Crippen LogP contribution in [-0.2, 0) is 11.2 Å². The number of rotatable bonds is 6. The molecule has 0 saturated carbocycles. The molecule has 0 bridgehead atoms. The summed E-state index contributed by atoms with van der Waals surface area (Å²) in [5.74, 6) is 0.794. The SMILES string of the molecule is COc1ccc(CCC(=O)Nc2ccccc2-c2cn3cccc(C)c3n2)cc1. The number of nitrogens with zero attached hydrogens (tertiary/aromatic N) is 2. The van der Waals surface area contributed by atoms with Crippen LogP contribution < -0.4 is 10.1 Å². The predicted octanol–water partition coefficient (Wildman–Crippen LogP) is 4.89. The van der Waals surface area contributed by atoms with Crippen molar-refractivity contribution in [2.24, 2.45) is 0 Å². The second-order valence-corrected chi connectivity index (χ2v) is 6.99. The van der Waals surface area contributed by atoms with Crippen molar-refractivity contribution in [2.75, 3.05) is 12.4 Å². The minimum absolute atomic E-state index is 0.0202. The summed E-state index contributed by atoms with van der Waals surface area (Å²) in [6, 6.07) is 19.6. The van der Waals surface area contributed by atoms with Crippen LogP contribution >= 0.6 is 0 Å². The second kappa shape index (κ2) is 8.19. The van der Waals surface area contributed by atoms with Crippen molar-refractivity contribution < 1.29 is 9.53 Å². The molecule has 0 saturated heterocycles. The molecule has 29 heavy (non-hydrogen) atoms. The van der Waals surface area contributed by atoms with E-state index in [1.165, 1.54) is 0 Å². The first-order chi connectivity index (χ1) is 14.1. The van der Waals surface area contributed by atoms with Crippen LogP contribution in [0.15, 0.2) is 73.1 Å². The molecule has 2 aromatic carbocycles. The smallest absolute Gasteiger partial charge is 0.224 e. The molecule has 0 fully saturated rings. The van der Waals surface area contributed by atoms with E-state index < -0.39 is 0 Å². The van der Waals surface area contributed by atoms with Crippen LogP contribution in [0.3, 0.4) is 0 Å². The van der Waals surface area contributed by atoms with E-state index in [0.29, 0.717) is 12.8 Å². The number of methoxy groups -OCH3 is 1. The highest BCUT2D eigenvalue weighted by atomic mass is 16.5. The Morgan fingerprint density at radius 1 is 1.07 bits per heavy atom. The number of carbonyl (C=O) groups excluding carboxylic acids is 1. The summed E-state index contributed by atoms with van der Waals surface area (Å²) in [6.07, 6.45) is 5.05. The largest absolute Gasteiger partial charge is 0.497 e. The van der Waals surface area contributed by atoms with Crippen molar-refractivity contribution in [3.63, 3.8) is 0 Å². The molecule has 0 unspecified atom stereocenters. The first-order valence-corrected chi connectivity index (χ1v) is 9.60. The third-order valence-electron chi connectivity index (χ3n) is 4.95. The summed E-state index contributed by atoms with van der Waals surface area (Å²) in [7, 11) is 1.64. The molecule has 1 N–H and O–H groups in total. The molecule has 2 heterocycles. The summed E-state index contributed by atoms with van der Waals surface area (Å²) in [5.41, 5.74) is 5.65. The lowest BCUT2D eigenvalue weighted by atomic mass is 10.1. The Bertz CT molecular complexity index is 1150. The van der Waals surface area contributed by atoms with Gasteiger partial charge in [0.1, 0.15) is 11.4 Å². The van der Waals surface area contributed by atoms with Crippen LogP contribution in [0.5, 0.6) is 5.75 Å². The molecule has 0 aliphatic carbocycles. The number of hydrogen-bond acceptors (Lipinski definition) is 3. The van der Waals surface area contributed by atoms with Crippen LogP contribution in [-0.4, -0.2) is 22.4 Å². The van der Waals surface area contributed by atoms with Gasteiger partial charge in [0.15, 0.2) is 0 Å². The highest BCUT2D eigenvalue weighted by Crippen LogP contribution is 2.28. The van der Waals surface area contributed by atoms with Gasteiger partial charge in [-0.1, -0.05) is 36.4 Å². The quantitative estimate of drug-likeness (QED) is 0.514. The van der Waals surface area contributed by atoms with Gasteiger partial charge < -0.3 is 14.5 Å². The Balaban J connectivity index is 1.50. The van der Waals surface area contributed by atoms with Crippen molar-refractivity contribution in [1.82, 2.24) is 9.38 Å².